The average Bonchev–Trinajstić information content (AvgIpc) is 3.01. The summed E-state index contributed by atoms with van der Waals surface area (Å²) in [6.45, 7) is 0. The van der Waals surface area contributed by atoms with Crippen molar-refractivity contribution in [1.82, 2.24) is 0 Å². The average molecular weight is 287 g/mol. The van der Waals surface area contributed by atoms with Gasteiger partial charge in [-0.15, -0.1) is 0 Å². The third-order valence-electron chi connectivity index (χ3n) is 5.95. The molecule has 4 fully saturated rings. The minimum absolute atomic E-state index is 0.00140. The predicted molar refractivity (Wildman–Crippen MR) is 64.2 cm³/mol. The van der Waals surface area contributed by atoms with Crippen molar-refractivity contribution in [3.05, 3.63) is 11.6 Å². The van der Waals surface area contributed by atoms with Gasteiger partial charge in [0, 0.05) is 5.92 Å². The first-order valence-corrected chi connectivity index (χ1v) is 7.29. The normalized spacial score (nSPS) is 62.4. The van der Waals surface area contributed by atoms with E-state index in [4.69, 9.17) is 32.7 Å². The summed E-state index contributed by atoms with van der Waals surface area (Å²) in [5.41, 5.74) is 1.14. The lowest BCUT2D eigenvalue weighted by atomic mass is 9.67. The van der Waals surface area contributed by atoms with Gasteiger partial charge < -0.3 is 9.47 Å². The fraction of sp³-hybridized carbons (Fsp3) is 0.769. The monoisotopic (exact) mass is 286 g/mol. The van der Waals surface area contributed by atoms with Crippen molar-refractivity contribution in [2.75, 3.05) is 0 Å². The van der Waals surface area contributed by atoms with Crippen LogP contribution in [0, 0.1) is 23.2 Å². The Morgan fingerprint density at radius 1 is 1.28 bits per heavy atom. The van der Waals surface area contributed by atoms with Gasteiger partial charge >= 0.3 is 6.16 Å². The van der Waals surface area contributed by atoms with Crippen LogP contribution in [0.5, 0.6) is 0 Å². The summed E-state index contributed by atoms with van der Waals surface area (Å²) in [5.74, 6) is 1.11. The zero-order valence-electron chi connectivity index (χ0n) is 9.62. The topological polar surface area (TPSA) is 35.5 Å². The molecular formula is C13H12Cl2O3. The molecule has 0 amide bonds. The van der Waals surface area contributed by atoms with E-state index in [2.05, 4.69) is 6.08 Å². The molecule has 0 radical (unpaired) electrons. The third kappa shape index (κ3) is 0.726. The number of hydrogen-bond donors (Lipinski definition) is 0. The van der Waals surface area contributed by atoms with Crippen LogP contribution in [0.3, 0.4) is 0 Å². The molecule has 1 heterocycles. The van der Waals surface area contributed by atoms with Crippen molar-refractivity contribution >= 4 is 29.4 Å². The first-order chi connectivity index (χ1) is 8.51. The predicted octanol–water partition coefficient (Wildman–Crippen LogP) is 3.40. The maximum atomic E-state index is 11.5. The van der Waals surface area contributed by atoms with Crippen LogP contribution in [-0.4, -0.2) is 16.3 Å². The van der Waals surface area contributed by atoms with Crippen molar-refractivity contribution in [3.8, 4) is 0 Å². The number of carbonyl (C=O) groups is 1. The highest BCUT2D eigenvalue weighted by molar-refractivity contribution is 6.36. The lowest BCUT2D eigenvalue weighted by Gasteiger charge is -2.45. The standard InChI is InChI=1S/C13H12Cl2O3/c14-12-8-4-9-6-1-2-7(3-6)11(9,5-8)13(12,15)18-10(16)17-12/h4,6-8H,1-3,5H2/t6-,7+,8+,11-,12+,13-/m0/s1. The maximum Gasteiger partial charge on any atom is 0.512 e. The van der Waals surface area contributed by atoms with Gasteiger partial charge in [-0.1, -0.05) is 34.9 Å². The van der Waals surface area contributed by atoms with E-state index in [-0.39, 0.29) is 11.3 Å². The smallest absolute Gasteiger partial charge is 0.405 e. The molecule has 3 saturated carbocycles. The largest absolute Gasteiger partial charge is 0.512 e. The molecule has 6 atom stereocenters. The molecule has 1 spiro atoms. The van der Waals surface area contributed by atoms with E-state index < -0.39 is 16.3 Å². The van der Waals surface area contributed by atoms with E-state index in [0.717, 1.165) is 19.3 Å². The highest BCUT2D eigenvalue weighted by atomic mass is 35.5. The van der Waals surface area contributed by atoms with Crippen LogP contribution in [0.25, 0.3) is 0 Å². The van der Waals surface area contributed by atoms with Gasteiger partial charge in [-0.2, -0.15) is 0 Å². The van der Waals surface area contributed by atoms with Gasteiger partial charge in [0.25, 0.3) is 5.06 Å². The molecule has 5 aliphatic rings. The number of carbonyl (C=O) groups excluding carboxylic acids is 1. The first kappa shape index (κ1) is 10.4. The summed E-state index contributed by atoms with van der Waals surface area (Å²) in [6.07, 6.45) is 5.94. The number of fused-ring (bicyclic) bond motifs is 6. The van der Waals surface area contributed by atoms with Gasteiger partial charge in [0.1, 0.15) is 0 Å². The van der Waals surface area contributed by atoms with Gasteiger partial charge in [0.15, 0.2) is 0 Å². The van der Waals surface area contributed by atoms with E-state index >= 15 is 0 Å². The van der Waals surface area contributed by atoms with Crippen LogP contribution in [-0.2, 0) is 9.47 Å². The lowest BCUT2D eigenvalue weighted by Crippen LogP contribution is -2.55. The summed E-state index contributed by atoms with van der Waals surface area (Å²) in [6, 6.07) is 0. The summed E-state index contributed by atoms with van der Waals surface area (Å²) in [7, 11) is 0. The number of alkyl halides is 2. The second-order valence-corrected chi connectivity index (χ2v) is 7.40. The Kier molecular flexibility index (Phi) is 1.48. The highest BCUT2D eigenvalue weighted by Gasteiger charge is 2.86. The van der Waals surface area contributed by atoms with Gasteiger partial charge in [-0.3, -0.25) is 0 Å². The Labute approximate surface area is 114 Å². The molecule has 5 heteroatoms. The zero-order chi connectivity index (χ0) is 12.3. The van der Waals surface area contributed by atoms with Crippen molar-refractivity contribution in [3.63, 3.8) is 0 Å². The molecule has 1 aliphatic heterocycles. The molecule has 4 aliphatic carbocycles. The highest BCUT2D eigenvalue weighted by Crippen LogP contribution is 2.80. The van der Waals surface area contributed by atoms with Gasteiger partial charge in [0.05, 0.1) is 5.41 Å². The second-order valence-electron chi connectivity index (χ2n) is 6.31. The molecule has 5 rings (SSSR count). The van der Waals surface area contributed by atoms with Gasteiger partial charge in [-0.25, -0.2) is 4.79 Å². The summed E-state index contributed by atoms with van der Waals surface area (Å²) in [5, 5.41) is -2.38. The maximum absolute atomic E-state index is 11.5. The fourth-order valence-corrected chi connectivity index (χ4v) is 6.42. The number of rotatable bonds is 0. The third-order valence-corrected chi connectivity index (χ3v) is 7.37. The van der Waals surface area contributed by atoms with Crippen LogP contribution >= 0.6 is 23.2 Å². The van der Waals surface area contributed by atoms with E-state index in [1.807, 2.05) is 0 Å². The van der Waals surface area contributed by atoms with Crippen molar-refractivity contribution in [2.24, 2.45) is 23.2 Å². The van der Waals surface area contributed by atoms with E-state index in [1.54, 1.807) is 0 Å². The first-order valence-electron chi connectivity index (χ1n) is 6.53. The summed E-state index contributed by atoms with van der Waals surface area (Å²) < 4.78 is 10.6. The van der Waals surface area contributed by atoms with Crippen molar-refractivity contribution in [2.45, 2.75) is 35.8 Å². The number of hydrogen-bond acceptors (Lipinski definition) is 3. The van der Waals surface area contributed by atoms with Gasteiger partial charge in [0.2, 0.25) is 5.06 Å². The Morgan fingerprint density at radius 3 is 2.94 bits per heavy atom. The van der Waals surface area contributed by atoms with Gasteiger partial charge in [-0.05, 0) is 37.5 Å². The Morgan fingerprint density at radius 2 is 2.11 bits per heavy atom. The van der Waals surface area contributed by atoms with Crippen molar-refractivity contribution < 1.29 is 14.3 Å². The Bertz CT molecular complexity index is 532. The SMILES string of the molecule is O=C1O[C@]2(Cl)[C@](Cl)(O1)[C@@H]1C=C3[C@H]4CC[C@H](C4)[C@@]32C1. The summed E-state index contributed by atoms with van der Waals surface area (Å²) >= 11 is 13.3. The van der Waals surface area contributed by atoms with Crippen LogP contribution in [0.1, 0.15) is 25.7 Å². The zero-order valence-corrected chi connectivity index (χ0v) is 11.1. The molecule has 4 bridgehead atoms. The van der Waals surface area contributed by atoms with Crippen LogP contribution in [0.15, 0.2) is 11.6 Å². The molecular weight excluding hydrogens is 275 g/mol. The minimum Gasteiger partial charge on any atom is -0.405 e. The van der Waals surface area contributed by atoms with Crippen LogP contribution < -0.4 is 0 Å². The fourth-order valence-electron chi connectivity index (χ4n) is 5.42. The van der Waals surface area contributed by atoms with Crippen molar-refractivity contribution in [1.29, 1.82) is 0 Å². The molecule has 0 aromatic carbocycles. The quantitative estimate of drug-likeness (QED) is 0.389. The molecule has 18 heavy (non-hydrogen) atoms. The molecule has 0 aromatic heterocycles. The minimum atomic E-state index is -1.19. The molecule has 3 nitrogen and oxygen atoms in total. The molecule has 0 unspecified atom stereocenters. The number of ether oxygens (including phenoxy) is 2. The summed E-state index contributed by atoms with van der Waals surface area (Å²) in [4.78, 5) is 11.5. The molecule has 1 saturated heterocycles. The van der Waals surface area contributed by atoms with Crippen LogP contribution in [0.4, 0.5) is 4.79 Å². The Hall–Kier alpha value is -0.410. The van der Waals surface area contributed by atoms with Crippen LogP contribution in [0.2, 0.25) is 0 Å². The number of halogens is 2. The molecule has 96 valence electrons. The lowest BCUT2D eigenvalue weighted by molar-refractivity contribution is -0.00515. The van der Waals surface area contributed by atoms with E-state index in [0.29, 0.717) is 11.8 Å². The molecule has 0 aromatic rings. The second kappa shape index (κ2) is 2.57. The Balaban J connectivity index is 1.79. The van der Waals surface area contributed by atoms with E-state index in [9.17, 15) is 4.79 Å². The molecule has 0 N–H and O–H groups in total. The van der Waals surface area contributed by atoms with E-state index in [1.165, 1.54) is 12.0 Å².